The number of hydrogen-bond donors (Lipinski definition) is 0. The Labute approximate surface area is 183 Å². The fourth-order valence-corrected chi connectivity index (χ4v) is 2.77. The Hall–Kier alpha value is -2.76. The van der Waals surface area contributed by atoms with Gasteiger partial charge in [0.1, 0.15) is 5.82 Å². The van der Waals surface area contributed by atoms with Crippen LogP contribution in [-0.4, -0.2) is 20.0 Å². The second-order valence-corrected chi connectivity index (χ2v) is 6.53. The van der Waals surface area contributed by atoms with Crippen LogP contribution in [-0.2, 0) is 5.92 Å². The van der Waals surface area contributed by atoms with Crippen molar-refractivity contribution in [2.24, 2.45) is 0 Å². The van der Waals surface area contributed by atoms with Gasteiger partial charge in [-0.1, -0.05) is 52.0 Å². The minimum atomic E-state index is -3.34. The summed E-state index contributed by atoms with van der Waals surface area (Å²) in [7, 11) is 3.28. The predicted octanol–water partition coefficient (Wildman–Crippen LogP) is 7.68. The number of benzene rings is 2. The molecule has 2 rings (SSSR count). The van der Waals surface area contributed by atoms with Gasteiger partial charge in [0.15, 0.2) is 17.3 Å². The number of allylic oxidation sites excluding steroid dienone is 1. The fourth-order valence-electron chi connectivity index (χ4n) is 2.77. The standard InChI is InChI=1S/C13H18O2.C10H9F3O.C2H6/c1-5-6-10(2)11-7-8-12(14-3)13(9-11)15-4;1-6(14)7-4-3-5-8(11)9(7)10(2,12)13;1-2/h7-9H,2,5-6H2,1,3-4H3;3-5H,1-2H3;1-2H3. The third kappa shape index (κ3) is 8.48. The second-order valence-electron chi connectivity index (χ2n) is 6.53. The van der Waals surface area contributed by atoms with Crippen LogP contribution in [0.25, 0.3) is 5.57 Å². The molecule has 0 unspecified atom stereocenters. The molecule has 0 spiro atoms. The fraction of sp³-hybridized carbons (Fsp3) is 0.400. The van der Waals surface area contributed by atoms with Gasteiger partial charge in [-0.25, -0.2) is 13.2 Å². The summed E-state index contributed by atoms with van der Waals surface area (Å²) in [4.78, 5) is 11.0. The number of ketones is 1. The number of halogens is 3. The summed E-state index contributed by atoms with van der Waals surface area (Å²) >= 11 is 0. The zero-order valence-corrected chi connectivity index (χ0v) is 19.4. The van der Waals surface area contributed by atoms with Gasteiger partial charge in [-0.2, -0.15) is 0 Å². The van der Waals surface area contributed by atoms with Crippen LogP contribution in [0, 0.1) is 5.82 Å². The van der Waals surface area contributed by atoms with Gasteiger partial charge in [-0.05, 0) is 42.7 Å². The maximum atomic E-state index is 13.1. The van der Waals surface area contributed by atoms with Crippen LogP contribution in [0.2, 0.25) is 0 Å². The molecule has 0 atom stereocenters. The lowest BCUT2D eigenvalue weighted by molar-refractivity contribution is 0.0128. The molecule has 0 saturated carbocycles. The molecule has 172 valence electrons. The molecule has 0 aliphatic carbocycles. The minimum Gasteiger partial charge on any atom is -0.493 e. The van der Waals surface area contributed by atoms with E-state index in [0.29, 0.717) is 6.92 Å². The lowest BCUT2D eigenvalue weighted by Gasteiger charge is -2.14. The molecule has 0 heterocycles. The van der Waals surface area contributed by atoms with E-state index in [0.717, 1.165) is 48.5 Å². The first-order valence-electron chi connectivity index (χ1n) is 10.1. The summed E-state index contributed by atoms with van der Waals surface area (Å²) in [5, 5.41) is 0. The van der Waals surface area contributed by atoms with E-state index in [1.54, 1.807) is 14.2 Å². The summed E-state index contributed by atoms with van der Waals surface area (Å²) in [6, 6.07) is 9.24. The highest BCUT2D eigenvalue weighted by atomic mass is 19.3. The van der Waals surface area contributed by atoms with Gasteiger partial charge in [-0.15, -0.1) is 0 Å². The lowest BCUT2D eigenvalue weighted by atomic mass is 9.99. The molecule has 0 aliphatic heterocycles. The van der Waals surface area contributed by atoms with E-state index < -0.39 is 23.1 Å². The Morgan fingerprint density at radius 2 is 1.65 bits per heavy atom. The normalized spacial score (nSPS) is 10.1. The van der Waals surface area contributed by atoms with Gasteiger partial charge < -0.3 is 9.47 Å². The van der Waals surface area contributed by atoms with Gasteiger partial charge in [0.2, 0.25) is 0 Å². The number of Topliss-reactive ketones (excluding diaryl/α,β-unsaturated/α-hetero) is 1. The van der Waals surface area contributed by atoms with Crippen LogP contribution < -0.4 is 9.47 Å². The summed E-state index contributed by atoms with van der Waals surface area (Å²) in [5.74, 6) is -3.45. The Bertz CT molecular complexity index is 856. The molecule has 0 amide bonds. The number of carbonyl (C=O) groups is 1. The topological polar surface area (TPSA) is 35.5 Å². The number of rotatable bonds is 7. The number of methoxy groups -OCH3 is 2. The van der Waals surface area contributed by atoms with Crippen molar-refractivity contribution in [2.75, 3.05) is 14.2 Å². The quantitative estimate of drug-likeness (QED) is 0.416. The highest BCUT2D eigenvalue weighted by molar-refractivity contribution is 5.95. The van der Waals surface area contributed by atoms with Crippen molar-refractivity contribution in [2.45, 2.75) is 53.4 Å². The van der Waals surface area contributed by atoms with Crippen molar-refractivity contribution in [3.05, 3.63) is 65.5 Å². The predicted molar refractivity (Wildman–Crippen MR) is 121 cm³/mol. The Kier molecular flexibility index (Phi) is 12.3. The van der Waals surface area contributed by atoms with Gasteiger partial charge in [0, 0.05) is 12.5 Å². The van der Waals surface area contributed by atoms with Crippen LogP contribution in [0.3, 0.4) is 0 Å². The van der Waals surface area contributed by atoms with Crippen LogP contribution in [0.15, 0.2) is 43.0 Å². The van der Waals surface area contributed by atoms with Crippen molar-refractivity contribution in [1.29, 1.82) is 0 Å². The van der Waals surface area contributed by atoms with E-state index in [1.165, 1.54) is 12.1 Å². The average molecular weight is 439 g/mol. The molecule has 0 aliphatic rings. The maximum absolute atomic E-state index is 13.1. The molecule has 6 heteroatoms. The van der Waals surface area contributed by atoms with Crippen molar-refractivity contribution in [1.82, 2.24) is 0 Å². The molecule has 0 N–H and O–H groups in total. The number of alkyl halides is 2. The average Bonchev–Trinajstić information content (AvgIpc) is 2.74. The highest BCUT2D eigenvalue weighted by Crippen LogP contribution is 2.32. The third-order valence-corrected chi connectivity index (χ3v) is 4.18. The minimum absolute atomic E-state index is 0.266. The van der Waals surface area contributed by atoms with Crippen LogP contribution in [0.4, 0.5) is 13.2 Å². The van der Waals surface area contributed by atoms with Crippen molar-refractivity contribution < 1.29 is 27.4 Å². The van der Waals surface area contributed by atoms with Crippen LogP contribution in [0.1, 0.15) is 68.9 Å². The first-order valence-corrected chi connectivity index (χ1v) is 10.1. The summed E-state index contributed by atoms with van der Waals surface area (Å²) in [5.41, 5.74) is 1.16. The van der Waals surface area contributed by atoms with E-state index in [1.807, 2.05) is 32.0 Å². The van der Waals surface area contributed by atoms with Gasteiger partial charge in [0.05, 0.1) is 19.8 Å². The summed E-state index contributed by atoms with van der Waals surface area (Å²) in [6.07, 6.45) is 2.11. The molecular weight excluding hydrogens is 405 g/mol. The third-order valence-electron chi connectivity index (χ3n) is 4.18. The smallest absolute Gasteiger partial charge is 0.274 e. The zero-order valence-electron chi connectivity index (χ0n) is 19.4. The number of carbonyl (C=O) groups excluding carboxylic acids is 1. The Balaban J connectivity index is 0.000000539. The molecule has 2 aromatic carbocycles. The second kappa shape index (κ2) is 13.5. The summed E-state index contributed by atoms with van der Waals surface area (Å²) in [6.45, 7) is 11.9. The first kappa shape index (κ1) is 28.2. The monoisotopic (exact) mass is 438 g/mol. The van der Waals surface area contributed by atoms with Gasteiger partial charge in [-0.3, -0.25) is 4.79 Å². The largest absolute Gasteiger partial charge is 0.493 e. The zero-order chi connectivity index (χ0) is 24.2. The van der Waals surface area contributed by atoms with E-state index in [-0.39, 0.29) is 5.56 Å². The van der Waals surface area contributed by atoms with E-state index in [4.69, 9.17) is 9.47 Å². The molecule has 0 fully saturated rings. The molecule has 2 aromatic rings. The van der Waals surface area contributed by atoms with E-state index in [9.17, 15) is 18.0 Å². The molecule has 0 radical (unpaired) electrons. The van der Waals surface area contributed by atoms with Crippen LogP contribution >= 0.6 is 0 Å². The van der Waals surface area contributed by atoms with Gasteiger partial charge >= 0.3 is 0 Å². The lowest BCUT2D eigenvalue weighted by Crippen LogP contribution is -2.15. The van der Waals surface area contributed by atoms with Crippen molar-refractivity contribution >= 4 is 11.4 Å². The Morgan fingerprint density at radius 1 is 1.06 bits per heavy atom. The number of ether oxygens (including phenoxy) is 2. The first-order chi connectivity index (χ1) is 14.6. The number of hydrogen-bond acceptors (Lipinski definition) is 3. The maximum Gasteiger partial charge on any atom is 0.274 e. The molecule has 31 heavy (non-hydrogen) atoms. The van der Waals surface area contributed by atoms with Gasteiger partial charge in [0.25, 0.3) is 5.92 Å². The van der Waals surface area contributed by atoms with E-state index in [2.05, 4.69) is 13.5 Å². The van der Waals surface area contributed by atoms with Crippen molar-refractivity contribution in [3.8, 4) is 11.5 Å². The highest BCUT2D eigenvalue weighted by Gasteiger charge is 2.32. The van der Waals surface area contributed by atoms with E-state index >= 15 is 0 Å². The molecule has 3 nitrogen and oxygen atoms in total. The Morgan fingerprint density at radius 3 is 2.06 bits per heavy atom. The molecule has 0 saturated heterocycles. The van der Waals surface area contributed by atoms with Crippen LogP contribution in [0.5, 0.6) is 11.5 Å². The molecule has 0 aromatic heterocycles. The summed E-state index contributed by atoms with van der Waals surface area (Å²) < 4.78 is 49.4. The SMILES string of the molecule is C=C(CCC)c1ccc(OC)c(OC)c1.CC.CC(=O)c1cccc(F)c1C(C)(F)F. The molecule has 0 bridgehead atoms. The molecular formula is C25H33F3O3. The van der Waals surface area contributed by atoms with Crippen molar-refractivity contribution in [3.63, 3.8) is 0 Å².